The Balaban J connectivity index is 1.72. The first-order chi connectivity index (χ1) is 13.5. The number of rotatable bonds is 3. The van der Waals surface area contributed by atoms with Crippen LogP contribution in [0.2, 0.25) is 5.02 Å². The number of aliphatic hydroxyl groups is 3. The van der Waals surface area contributed by atoms with Gasteiger partial charge in [0.15, 0.2) is 0 Å². The molecule has 8 heteroatoms. The van der Waals surface area contributed by atoms with Gasteiger partial charge in [0.05, 0.1) is 18.7 Å². The van der Waals surface area contributed by atoms with Gasteiger partial charge in [-0.2, -0.15) is 0 Å². The third-order valence-electron chi connectivity index (χ3n) is 5.41. The van der Waals surface area contributed by atoms with Crippen LogP contribution in [0.5, 0.6) is 0 Å². The van der Waals surface area contributed by atoms with Crippen molar-refractivity contribution < 1.29 is 24.9 Å². The normalized spacial score (nSPS) is 29.3. The Bertz CT molecular complexity index is 891. The van der Waals surface area contributed by atoms with Crippen molar-refractivity contribution in [3.8, 4) is 0 Å². The molecule has 146 valence electrons. The molecule has 0 aromatic heterocycles. The predicted octanol–water partition coefficient (Wildman–Crippen LogP) is 0.663. The summed E-state index contributed by atoms with van der Waals surface area (Å²) in [6, 6.07) is 12.0. The number of carbonyl (C=O) groups is 2. The van der Waals surface area contributed by atoms with Gasteiger partial charge in [-0.15, -0.1) is 0 Å². The Hall–Kier alpha value is -2.45. The molecule has 2 fully saturated rings. The standard InChI is InChI=1S/C20H19ClN2O5/c21-12-6-8-13(9-7-12)22-15-16(20(22)28)23(14(10-24)17(25)18(15)26)19(27)11-4-2-1-3-5-11/h1-9,14-18,24-26H,10H2/t14-,15-,16-,17-,18-/m1/s1. The molecule has 2 aromatic rings. The number of hydrogen-bond donors (Lipinski definition) is 3. The van der Waals surface area contributed by atoms with Crippen LogP contribution in [0, 0.1) is 0 Å². The van der Waals surface area contributed by atoms with E-state index in [0.717, 1.165) is 0 Å². The smallest absolute Gasteiger partial charge is 0.255 e. The molecule has 0 unspecified atom stereocenters. The molecule has 0 saturated carbocycles. The number of anilines is 1. The van der Waals surface area contributed by atoms with E-state index < -0.39 is 42.8 Å². The van der Waals surface area contributed by atoms with Gasteiger partial charge in [-0.05, 0) is 36.4 Å². The number of amides is 2. The van der Waals surface area contributed by atoms with E-state index in [1.54, 1.807) is 54.6 Å². The number of fused-ring (bicyclic) bond motifs is 1. The Morgan fingerprint density at radius 3 is 2.25 bits per heavy atom. The van der Waals surface area contributed by atoms with Gasteiger partial charge < -0.3 is 25.1 Å². The van der Waals surface area contributed by atoms with Gasteiger partial charge in [0.2, 0.25) is 0 Å². The van der Waals surface area contributed by atoms with Crippen LogP contribution in [0.25, 0.3) is 0 Å². The van der Waals surface area contributed by atoms with Crippen molar-refractivity contribution in [3.63, 3.8) is 0 Å². The zero-order valence-electron chi connectivity index (χ0n) is 14.7. The Labute approximate surface area is 166 Å². The topological polar surface area (TPSA) is 101 Å². The second kappa shape index (κ2) is 7.18. The number of likely N-dealkylation sites (tertiary alicyclic amines) is 1. The molecule has 0 bridgehead atoms. The summed E-state index contributed by atoms with van der Waals surface area (Å²) in [6.45, 7) is -0.575. The monoisotopic (exact) mass is 402 g/mol. The molecule has 2 heterocycles. The average molecular weight is 403 g/mol. The van der Waals surface area contributed by atoms with Crippen molar-refractivity contribution in [2.45, 2.75) is 30.3 Å². The van der Waals surface area contributed by atoms with E-state index >= 15 is 0 Å². The number of nitrogens with zero attached hydrogens (tertiary/aromatic N) is 2. The van der Waals surface area contributed by atoms with Gasteiger partial charge in [0.1, 0.15) is 18.2 Å². The fourth-order valence-corrected chi connectivity index (χ4v) is 4.15. The second-order valence-corrected chi connectivity index (χ2v) is 7.37. The molecule has 0 spiro atoms. The Kier molecular flexibility index (Phi) is 4.84. The number of β-lactam (4-membered cyclic amide) rings is 1. The largest absolute Gasteiger partial charge is 0.394 e. The van der Waals surface area contributed by atoms with Crippen LogP contribution in [0.4, 0.5) is 5.69 Å². The van der Waals surface area contributed by atoms with E-state index in [0.29, 0.717) is 16.3 Å². The second-order valence-electron chi connectivity index (χ2n) is 6.93. The molecular weight excluding hydrogens is 384 g/mol. The summed E-state index contributed by atoms with van der Waals surface area (Å²) in [5.41, 5.74) is 0.845. The third-order valence-corrected chi connectivity index (χ3v) is 5.66. The van der Waals surface area contributed by atoms with Gasteiger partial charge in [0, 0.05) is 16.3 Å². The lowest BCUT2D eigenvalue weighted by Gasteiger charge is -2.59. The van der Waals surface area contributed by atoms with Crippen LogP contribution in [0.3, 0.4) is 0 Å². The number of carbonyl (C=O) groups excluding carboxylic acids is 2. The molecule has 2 amide bonds. The van der Waals surface area contributed by atoms with E-state index in [-0.39, 0.29) is 5.91 Å². The zero-order chi connectivity index (χ0) is 20.0. The van der Waals surface area contributed by atoms with Crippen molar-refractivity contribution in [1.82, 2.24) is 4.90 Å². The van der Waals surface area contributed by atoms with Gasteiger partial charge in [-0.1, -0.05) is 29.8 Å². The zero-order valence-corrected chi connectivity index (χ0v) is 15.5. The van der Waals surface area contributed by atoms with Gasteiger partial charge in [-0.3, -0.25) is 9.59 Å². The molecule has 0 aliphatic carbocycles. The van der Waals surface area contributed by atoms with E-state index in [4.69, 9.17) is 11.6 Å². The molecule has 0 radical (unpaired) electrons. The van der Waals surface area contributed by atoms with Crippen molar-refractivity contribution in [1.29, 1.82) is 0 Å². The number of halogens is 1. The molecule has 2 aromatic carbocycles. The molecule has 4 rings (SSSR count). The van der Waals surface area contributed by atoms with E-state index in [1.807, 2.05) is 0 Å². The van der Waals surface area contributed by atoms with Crippen molar-refractivity contribution in [2.24, 2.45) is 0 Å². The van der Waals surface area contributed by atoms with Gasteiger partial charge in [0.25, 0.3) is 11.8 Å². The summed E-state index contributed by atoms with van der Waals surface area (Å²) < 4.78 is 0. The lowest BCUT2D eigenvalue weighted by molar-refractivity contribution is -0.158. The minimum absolute atomic E-state index is 0.334. The SMILES string of the molecule is O=C1[C@H]2[C@H]([C@@H](O)[C@H](O)[C@@H](CO)N2C(=O)c2ccccc2)N1c1ccc(Cl)cc1. The van der Waals surface area contributed by atoms with E-state index in [9.17, 15) is 24.9 Å². The highest BCUT2D eigenvalue weighted by Gasteiger charge is 2.63. The fraction of sp³-hybridized carbons (Fsp3) is 0.300. The lowest BCUT2D eigenvalue weighted by atomic mass is 9.78. The van der Waals surface area contributed by atoms with Crippen molar-refractivity contribution in [2.75, 3.05) is 11.5 Å². The van der Waals surface area contributed by atoms with Crippen LogP contribution < -0.4 is 4.90 Å². The summed E-state index contributed by atoms with van der Waals surface area (Å²) >= 11 is 5.90. The molecular formula is C20H19ClN2O5. The minimum Gasteiger partial charge on any atom is -0.394 e. The van der Waals surface area contributed by atoms with Crippen LogP contribution in [0.15, 0.2) is 54.6 Å². The quantitative estimate of drug-likeness (QED) is 0.655. The summed E-state index contributed by atoms with van der Waals surface area (Å²) in [7, 11) is 0. The summed E-state index contributed by atoms with van der Waals surface area (Å²) in [6.07, 6.45) is -2.71. The third kappa shape index (κ3) is 2.79. The Morgan fingerprint density at radius 1 is 1.00 bits per heavy atom. The highest BCUT2D eigenvalue weighted by molar-refractivity contribution is 6.30. The van der Waals surface area contributed by atoms with Crippen LogP contribution >= 0.6 is 11.6 Å². The van der Waals surface area contributed by atoms with Gasteiger partial charge >= 0.3 is 0 Å². The maximum Gasteiger partial charge on any atom is 0.255 e. The number of benzene rings is 2. The lowest BCUT2D eigenvalue weighted by Crippen LogP contribution is -2.83. The fourth-order valence-electron chi connectivity index (χ4n) is 4.02. The summed E-state index contributed by atoms with van der Waals surface area (Å²) in [4.78, 5) is 28.6. The number of hydrogen-bond acceptors (Lipinski definition) is 5. The van der Waals surface area contributed by atoms with Crippen LogP contribution in [0.1, 0.15) is 10.4 Å². The van der Waals surface area contributed by atoms with Crippen LogP contribution in [-0.4, -0.2) is 69.0 Å². The van der Waals surface area contributed by atoms with Crippen molar-refractivity contribution >= 4 is 29.1 Å². The van der Waals surface area contributed by atoms with Crippen LogP contribution in [-0.2, 0) is 4.79 Å². The molecule has 2 saturated heterocycles. The highest BCUT2D eigenvalue weighted by Crippen LogP contribution is 2.40. The molecule has 3 N–H and O–H groups in total. The Morgan fingerprint density at radius 2 is 1.64 bits per heavy atom. The average Bonchev–Trinajstić information content (AvgIpc) is 2.71. The maximum absolute atomic E-state index is 13.1. The predicted molar refractivity (Wildman–Crippen MR) is 102 cm³/mol. The highest BCUT2D eigenvalue weighted by atomic mass is 35.5. The first kappa shape index (κ1) is 18.9. The molecule has 7 nitrogen and oxygen atoms in total. The van der Waals surface area contributed by atoms with E-state index in [2.05, 4.69) is 0 Å². The molecule has 5 atom stereocenters. The maximum atomic E-state index is 13.1. The molecule has 2 aliphatic heterocycles. The summed E-state index contributed by atoms with van der Waals surface area (Å²) in [5.74, 6) is -0.870. The number of piperidine rings is 1. The first-order valence-corrected chi connectivity index (χ1v) is 9.27. The first-order valence-electron chi connectivity index (χ1n) is 8.89. The van der Waals surface area contributed by atoms with Crippen molar-refractivity contribution in [3.05, 3.63) is 65.2 Å². The molecule has 28 heavy (non-hydrogen) atoms. The minimum atomic E-state index is -1.40. The van der Waals surface area contributed by atoms with Gasteiger partial charge in [-0.25, -0.2) is 0 Å². The number of aliphatic hydroxyl groups excluding tert-OH is 3. The molecule has 2 aliphatic rings. The van der Waals surface area contributed by atoms with E-state index in [1.165, 1.54) is 9.80 Å². The summed E-state index contributed by atoms with van der Waals surface area (Å²) in [5, 5.41) is 31.4.